The second kappa shape index (κ2) is 16.0. The van der Waals surface area contributed by atoms with Crippen LogP contribution in [-0.4, -0.2) is 115 Å². The minimum absolute atomic E-state index is 0. The first-order valence-electron chi connectivity index (χ1n) is 0. The summed E-state index contributed by atoms with van der Waals surface area (Å²) >= 11 is 0. The van der Waals surface area contributed by atoms with Crippen LogP contribution in [0.5, 0.6) is 0 Å². The van der Waals surface area contributed by atoms with E-state index in [2.05, 4.69) is 0 Å². The van der Waals surface area contributed by atoms with E-state index in [0.29, 0.717) is 0 Å². The van der Waals surface area contributed by atoms with Crippen molar-refractivity contribution in [3.8, 4) is 0 Å². The third-order valence-corrected chi connectivity index (χ3v) is 0. The van der Waals surface area contributed by atoms with Crippen molar-refractivity contribution in [3.63, 3.8) is 0 Å². The number of rotatable bonds is 0. The molecule has 0 bridgehead atoms. The summed E-state index contributed by atoms with van der Waals surface area (Å²) in [6, 6.07) is 0. The average Bonchev–Trinajstić information content (AvgIpc) is 0. The SMILES string of the molecule is [AlH3].[Ba+2].[Ca+2].[H-].[H-].[H-].[H-].[SiH4]. The Morgan fingerprint density at radius 2 is 1.25 bits per heavy atom. The molecule has 0 fully saturated rings. The van der Waals surface area contributed by atoms with Gasteiger partial charge < -0.3 is 5.71 Å². The van der Waals surface area contributed by atoms with Gasteiger partial charge in [0, 0.05) is 0 Å². The van der Waals surface area contributed by atoms with Crippen LogP contribution in [0.25, 0.3) is 0 Å². The van der Waals surface area contributed by atoms with Gasteiger partial charge in [-0.1, -0.05) is 0 Å². The van der Waals surface area contributed by atoms with Crippen LogP contribution in [0.1, 0.15) is 5.71 Å². The van der Waals surface area contributed by atoms with Crippen molar-refractivity contribution in [3.05, 3.63) is 0 Å². The summed E-state index contributed by atoms with van der Waals surface area (Å²) in [5.41, 5.74) is 0. The van der Waals surface area contributed by atoms with Crippen LogP contribution in [0.3, 0.4) is 0 Å². The van der Waals surface area contributed by atoms with Crippen LogP contribution >= 0.6 is 0 Å². The summed E-state index contributed by atoms with van der Waals surface area (Å²) in [6.07, 6.45) is 0. The Bertz CT molecular complexity index is 16.0. The zero-order valence-corrected chi connectivity index (χ0v) is 8.06. The van der Waals surface area contributed by atoms with Crippen LogP contribution in [0.2, 0.25) is 0 Å². The third kappa shape index (κ3) is 9.13. The molecule has 0 amide bonds. The third-order valence-electron chi connectivity index (χ3n) is 0. The van der Waals surface area contributed by atoms with E-state index >= 15 is 0 Å². The van der Waals surface area contributed by atoms with Crippen molar-refractivity contribution < 1.29 is 5.71 Å². The topological polar surface area (TPSA) is 0 Å². The Balaban J connectivity index is 0. The van der Waals surface area contributed by atoms with Gasteiger partial charge in [-0.25, -0.2) is 0 Å². The van der Waals surface area contributed by atoms with Crippen molar-refractivity contribution in [2.24, 2.45) is 0 Å². The molecule has 0 saturated heterocycles. The summed E-state index contributed by atoms with van der Waals surface area (Å²) in [7, 11) is 0. The first-order chi connectivity index (χ1) is 0. The van der Waals surface area contributed by atoms with Gasteiger partial charge in [0.15, 0.2) is 17.4 Å². The zero-order chi connectivity index (χ0) is 0. The largest absolute Gasteiger partial charge is 2.00 e. The molecular formula is H11AlBaCaSi. The van der Waals surface area contributed by atoms with Crippen LogP contribution in [-0.2, 0) is 0 Å². The van der Waals surface area contributed by atoms with E-state index in [1.165, 1.54) is 0 Å². The second-order valence-electron chi connectivity index (χ2n) is 0. The van der Waals surface area contributed by atoms with Gasteiger partial charge in [0.25, 0.3) is 0 Å². The molecule has 0 aromatic rings. The van der Waals surface area contributed by atoms with Crippen molar-refractivity contribution >= 4 is 115 Å². The van der Waals surface area contributed by atoms with Gasteiger partial charge in [-0.2, -0.15) is 0 Å². The van der Waals surface area contributed by atoms with Crippen LogP contribution < -0.4 is 0 Å². The van der Waals surface area contributed by atoms with Gasteiger partial charge in [0.1, 0.15) is 0 Å². The first-order valence-corrected chi connectivity index (χ1v) is 0. The van der Waals surface area contributed by atoms with Gasteiger partial charge in [0.2, 0.25) is 0 Å². The number of hydrogen-bond donors (Lipinski definition) is 0. The Kier molecular flexibility index (Phi) is 102. The molecule has 0 saturated carbocycles. The van der Waals surface area contributed by atoms with Crippen LogP contribution in [0, 0.1) is 0 Å². The normalized spacial score (nSPS) is 0. The molecule has 0 N–H and O–H groups in total. The van der Waals surface area contributed by atoms with Crippen LogP contribution in [0.15, 0.2) is 0 Å². The average molecular weight is 244 g/mol. The van der Waals surface area contributed by atoms with Gasteiger partial charge in [-0.05, 0) is 11.0 Å². The maximum absolute atomic E-state index is 0. The second-order valence-corrected chi connectivity index (χ2v) is 0. The molecule has 0 aromatic heterocycles. The molecule has 0 radical (unpaired) electrons. The fraction of sp³-hybridized carbons (Fsp3) is 0. The molecule has 0 heterocycles. The summed E-state index contributed by atoms with van der Waals surface area (Å²) in [6.45, 7) is 0. The van der Waals surface area contributed by atoms with Gasteiger partial charge in [-0.3, -0.25) is 0 Å². The summed E-state index contributed by atoms with van der Waals surface area (Å²) in [5, 5.41) is 0. The molecule has 0 unspecified atom stereocenters. The Labute approximate surface area is 118 Å². The van der Waals surface area contributed by atoms with Gasteiger partial charge in [-0.15, -0.1) is 0 Å². The van der Waals surface area contributed by atoms with Crippen molar-refractivity contribution in [2.45, 2.75) is 0 Å². The predicted molar refractivity (Wildman–Crippen MR) is 37.2 cm³/mol. The van der Waals surface area contributed by atoms with E-state index in [0.717, 1.165) is 0 Å². The summed E-state index contributed by atoms with van der Waals surface area (Å²) in [4.78, 5) is 0. The predicted octanol–water partition coefficient (Wildman–Crippen LogP) is -2.95. The molecule has 0 atom stereocenters. The minimum atomic E-state index is 0. The molecule has 4 heavy (non-hydrogen) atoms. The van der Waals surface area contributed by atoms with Crippen molar-refractivity contribution in [2.75, 3.05) is 0 Å². The molecule has 0 aliphatic heterocycles. The standard InChI is InChI=1S/Al.Ba.Ca.H4Si.7H/h;;;1H4;;;;;;;/q;2*+2;;;;;4*-1. The molecule has 0 aliphatic carbocycles. The maximum atomic E-state index is 0. The molecule has 4 heteroatoms. The molecule has 0 aromatic carbocycles. The Morgan fingerprint density at radius 1 is 1.25 bits per heavy atom. The van der Waals surface area contributed by atoms with E-state index in [9.17, 15) is 0 Å². The maximum Gasteiger partial charge on any atom is 2.00 e. The molecular weight excluding hydrogens is 232 g/mol. The fourth-order valence-corrected chi connectivity index (χ4v) is 0. The number of hydrogen-bond acceptors (Lipinski definition) is 0. The first kappa shape index (κ1) is 25.6. The smallest absolute Gasteiger partial charge is 1.00 e. The van der Waals surface area contributed by atoms with Gasteiger partial charge in [0.05, 0.1) is 0 Å². The monoisotopic (exact) mass is 244 g/mol. The van der Waals surface area contributed by atoms with E-state index in [-0.39, 0.29) is 121 Å². The molecule has 0 rings (SSSR count). The molecule has 22 valence electrons. The zero-order valence-electron chi connectivity index (χ0n) is 5.41. The van der Waals surface area contributed by atoms with E-state index in [1.807, 2.05) is 0 Å². The summed E-state index contributed by atoms with van der Waals surface area (Å²) < 4.78 is 0. The molecule has 0 aliphatic rings. The molecule has 0 spiro atoms. The van der Waals surface area contributed by atoms with Crippen molar-refractivity contribution in [1.29, 1.82) is 0 Å². The van der Waals surface area contributed by atoms with Crippen LogP contribution in [0.4, 0.5) is 0 Å². The molecule has 0 nitrogen and oxygen atoms in total. The van der Waals surface area contributed by atoms with E-state index in [1.54, 1.807) is 0 Å². The Hall–Kier alpha value is 3.58. The Morgan fingerprint density at radius 3 is 1.25 bits per heavy atom. The fourth-order valence-electron chi connectivity index (χ4n) is 0. The quantitative estimate of drug-likeness (QED) is 0.399. The minimum Gasteiger partial charge on any atom is -1.00 e. The van der Waals surface area contributed by atoms with E-state index < -0.39 is 0 Å². The van der Waals surface area contributed by atoms with Crippen molar-refractivity contribution in [1.82, 2.24) is 0 Å². The summed E-state index contributed by atoms with van der Waals surface area (Å²) in [5.74, 6) is 0. The van der Waals surface area contributed by atoms with Gasteiger partial charge >= 0.3 is 86.6 Å². The van der Waals surface area contributed by atoms with E-state index in [4.69, 9.17) is 0 Å².